The molecule has 2 fully saturated rings. The van der Waals surface area contributed by atoms with Gasteiger partial charge in [0.2, 0.25) is 29.0 Å². The van der Waals surface area contributed by atoms with E-state index in [1.54, 1.807) is 31.2 Å². The van der Waals surface area contributed by atoms with Crippen molar-refractivity contribution in [3.63, 3.8) is 0 Å². The smallest absolute Gasteiger partial charge is 0.338 e. The van der Waals surface area contributed by atoms with E-state index in [1.165, 1.54) is 42.5 Å². The second-order valence-electron chi connectivity index (χ2n) is 9.43. The molecular formula is C29H19Cl2NO7. The van der Waals surface area contributed by atoms with E-state index < -0.39 is 52.9 Å². The lowest BCUT2D eigenvalue weighted by Crippen LogP contribution is -2.51. The molecule has 3 aromatic rings. The van der Waals surface area contributed by atoms with Crippen molar-refractivity contribution in [2.45, 2.75) is 18.6 Å². The number of carbonyl (C=O) groups is 5. The molecular weight excluding hydrogens is 545 g/mol. The van der Waals surface area contributed by atoms with E-state index >= 15 is 0 Å². The molecule has 10 heteroatoms. The van der Waals surface area contributed by atoms with Gasteiger partial charge in [-0.05, 0) is 43.3 Å². The predicted molar refractivity (Wildman–Crippen MR) is 140 cm³/mol. The number of benzene rings is 3. The molecule has 0 bridgehead atoms. The van der Waals surface area contributed by atoms with Gasteiger partial charge in [0.15, 0.2) is 0 Å². The Bertz CT molecular complexity index is 1560. The molecule has 3 aliphatic rings. The standard InChI is InChI=1S/C29H19Cl2NO7/c1-2-38-28(37)14-7-10-16(11-8-14)32-26(35)21-22(27(32)36)29(24(33)17-5-3-4-6-18(17)25(29)34)39-23(21)19-12-9-15(30)13-20(19)31/h3-13,21-23H,2H2,1H3/t21-,22+,23+/m0/s1. The molecule has 0 N–H and O–H groups in total. The highest BCUT2D eigenvalue weighted by Crippen LogP contribution is 2.58. The van der Waals surface area contributed by atoms with Crippen LogP contribution in [-0.4, -0.2) is 41.6 Å². The molecule has 3 atom stereocenters. The summed E-state index contributed by atoms with van der Waals surface area (Å²) in [5, 5.41) is 0.502. The van der Waals surface area contributed by atoms with Crippen molar-refractivity contribution in [3.8, 4) is 0 Å². The molecule has 2 aliphatic heterocycles. The van der Waals surface area contributed by atoms with Crippen molar-refractivity contribution in [2.24, 2.45) is 11.8 Å². The predicted octanol–water partition coefficient (Wildman–Crippen LogP) is 4.87. The van der Waals surface area contributed by atoms with Crippen LogP contribution in [0.1, 0.15) is 49.7 Å². The topological polar surface area (TPSA) is 107 Å². The Labute approximate surface area is 232 Å². The number of esters is 1. The van der Waals surface area contributed by atoms with Crippen LogP contribution in [0, 0.1) is 11.8 Å². The minimum absolute atomic E-state index is 0.126. The summed E-state index contributed by atoms with van der Waals surface area (Å²) in [7, 11) is 0. The molecule has 0 unspecified atom stereocenters. The van der Waals surface area contributed by atoms with Crippen molar-refractivity contribution in [1.82, 2.24) is 0 Å². The normalized spacial score (nSPS) is 22.9. The highest BCUT2D eigenvalue weighted by Gasteiger charge is 2.74. The third-order valence-electron chi connectivity index (χ3n) is 7.42. The second-order valence-corrected chi connectivity index (χ2v) is 10.3. The molecule has 3 aromatic carbocycles. The van der Waals surface area contributed by atoms with Gasteiger partial charge in [-0.25, -0.2) is 9.69 Å². The van der Waals surface area contributed by atoms with Crippen molar-refractivity contribution in [2.75, 3.05) is 11.5 Å². The van der Waals surface area contributed by atoms with Gasteiger partial charge in [0.05, 0.1) is 35.8 Å². The number of carbonyl (C=O) groups excluding carboxylic acids is 5. The molecule has 8 nitrogen and oxygen atoms in total. The van der Waals surface area contributed by atoms with Crippen molar-refractivity contribution >= 4 is 58.2 Å². The van der Waals surface area contributed by atoms with Gasteiger partial charge in [-0.2, -0.15) is 0 Å². The maximum atomic E-state index is 14.0. The Hall–Kier alpha value is -3.85. The SMILES string of the molecule is CCOC(=O)c1ccc(N2C(=O)[C@@H]3[C@@H](c4ccc(Cl)cc4Cl)OC4(C(=O)c5ccccc5C4=O)[C@H]3C2=O)cc1. The van der Waals surface area contributed by atoms with Gasteiger partial charge in [0, 0.05) is 26.7 Å². The monoisotopic (exact) mass is 563 g/mol. The van der Waals surface area contributed by atoms with Crippen LogP contribution in [0.25, 0.3) is 0 Å². The summed E-state index contributed by atoms with van der Waals surface area (Å²) in [4.78, 5) is 68.7. The van der Waals surface area contributed by atoms with E-state index in [9.17, 15) is 24.0 Å². The van der Waals surface area contributed by atoms with E-state index in [1.807, 2.05) is 0 Å². The van der Waals surface area contributed by atoms with Crippen LogP contribution < -0.4 is 4.90 Å². The lowest BCUT2D eigenvalue weighted by molar-refractivity contribution is -0.127. The number of Topliss-reactive ketones (excluding diaryl/α,β-unsaturated/α-hetero) is 2. The fraction of sp³-hybridized carbons (Fsp3) is 0.207. The first-order chi connectivity index (χ1) is 18.7. The Kier molecular flexibility index (Phi) is 5.95. The summed E-state index contributed by atoms with van der Waals surface area (Å²) in [6.07, 6.45) is -1.18. The molecule has 1 spiro atoms. The lowest BCUT2D eigenvalue weighted by Gasteiger charge is -2.27. The molecule has 1 aliphatic carbocycles. The van der Waals surface area contributed by atoms with Gasteiger partial charge in [0.1, 0.15) is 0 Å². The Morgan fingerprint density at radius 2 is 1.56 bits per heavy atom. The van der Waals surface area contributed by atoms with Gasteiger partial charge in [-0.3, -0.25) is 19.2 Å². The van der Waals surface area contributed by atoms with Crippen molar-refractivity contribution in [1.29, 1.82) is 0 Å². The first kappa shape index (κ1) is 25.4. The third kappa shape index (κ3) is 3.52. The molecule has 2 amide bonds. The zero-order chi connectivity index (χ0) is 27.6. The Balaban J connectivity index is 1.48. The van der Waals surface area contributed by atoms with E-state index in [2.05, 4.69) is 0 Å². The Morgan fingerprint density at radius 3 is 2.15 bits per heavy atom. The summed E-state index contributed by atoms with van der Waals surface area (Å²) < 4.78 is 11.2. The van der Waals surface area contributed by atoms with Crippen LogP contribution in [0.4, 0.5) is 5.69 Å². The molecule has 39 heavy (non-hydrogen) atoms. The molecule has 2 heterocycles. The summed E-state index contributed by atoms with van der Waals surface area (Å²) in [5.74, 6) is -5.96. The average Bonchev–Trinajstić information content (AvgIpc) is 3.49. The summed E-state index contributed by atoms with van der Waals surface area (Å²) in [6, 6.07) is 16.5. The minimum atomic E-state index is -2.23. The minimum Gasteiger partial charge on any atom is -0.462 e. The zero-order valence-corrected chi connectivity index (χ0v) is 21.9. The van der Waals surface area contributed by atoms with Crippen molar-refractivity contribution < 1.29 is 33.4 Å². The number of ether oxygens (including phenoxy) is 2. The fourth-order valence-electron chi connectivity index (χ4n) is 5.75. The number of hydrogen-bond donors (Lipinski definition) is 0. The second kappa shape index (κ2) is 9.12. The third-order valence-corrected chi connectivity index (χ3v) is 7.99. The number of halogens is 2. The number of anilines is 1. The summed E-state index contributed by atoms with van der Waals surface area (Å²) in [6.45, 7) is 1.87. The number of imide groups is 1. The van der Waals surface area contributed by atoms with Crippen LogP contribution in [0.2, 0.25) is 10.0 Å². The van der Waals surface area contributed by atoms with Crippen LogP contribution in [0.3, 0.4) is 0 Å². The lowest BCUT2D eigenvalue weighted by atomic mass is 9.77. The molecule has 0 aromatic heterocycles. The Morgan fingerprint density at radius 1 is 0.923 bits per heavy atom. The number of fused-ring (bicyclic) bond motifs is 3. The fourth-order valence-corrected chi connectivity index (χ4v) is 6.26. The number of rotatable bonds is 4. The maximum absolute atomic E-state index is 14.0. The van der Waals surface area contributed by atoms with Crippen LogP contribution in [0.5, 0.6) is 0 Å². The van der Waals surface area contributed by atoms with E-state index in [-0.39, 0.29) is 34.0 Å². The quantitative estimate of drug-likeness (QED) is 0.253. The number of hydrogen-bond acceptors (Lipinski definition) is 7. The first-order valence-electron chi connectivity index (χ1n) is 12.2. The largest absolute Gasteiger partial charge is 0.462 e. The van der Waals surface area contributed by atoms with Gasteiger partial charge in [0.25, 0.3) is 0 Å². The molecule has 6 rings (SSSR count). The van der Waals surface area contributed by atoms with E-state index in [0.717, 1.165) is 4.90 Å². The van der Waals surface area contributed by atoms with Crippen molar-refractivity contribution in [3.05, 3.63) is 99.0 Å². The van der Waals surface area contributed by atoms with Gasteiger partial charge in [-0.15, -0.1) is 0 Å². The molecule has 0 saturated carbocycles. The maximum Gasteiger partial charge on any atom is 0.338 e. The van der Waals surface area contributed by atoms with Gasteiger partial charge in [-0.1, -0.05) is 53.5 Å². The van der Waals surface area contributed by atoms with Gasteiger partial charge < -0.3 is 9.47 Å². The highest BCUT2D eigenvalue weighted by molar-refractivity contribution is 6.37. The van der Waals surface area contributed by atoms with Crippen LogP contribution in [-0.2, 0) is 19.1 Å². The van der Waals surface area contributed by atoms with E-state index in [4.69, 9.17) is 32.7 Å². The number of nitrogens with zero attached hydrogens (tertiary/aromatic N) is 1. The molecule has 0 radical (unpaired) electrons. The van der Waals surface area contributed by atoms with Crippen LogP contribution in [0.15, 0.2) is 66.7 Å². The molecule has 2 saturated heterocycles. The summed E-state index contributed by atoms with van der Waals surface area (Å²) >= 11 is 12.6. The van der Waals surface area contributed by atoms with E-state index in [0.29, 0.717) is 10.6 Å². The van der Waals surface area contributed by atoms with Gasteiger partial charge >= 0.3 is 5.97 Å². The number of ketones is 2. The molecule has 196 valence electrons. The van der Waals surface area contributed by atoms with Crippen LogP contribution >= 0.6 is 23.2 Å². The zero-order valence-electron chi connectivity index (χ0n) is 20.4. The number of amides is 2. The average molecular weight is 564 g/mol. The highest BCUT2D eigenvalue weighted by atomic mass is 35.5. The first-order valence-corrected chi connectivity index (χ1v) is 12.9. The summed E-state index contributed by atoms with van der Waals surface area (Å²) in [5.41, 5.74) is -1.23.